The van der Waals surface area contributed by atoms with Gasteiger partial charge < -0.3 is 14.6 Å². The normalized spacial score (nSPS) is 15.4. The number of phenolic OH excluding ortho intramolecular Hbond substituents is 1. The molecule has 11 heteroatoms. The molecule has 1 N–H and O–H groups in total. The lowest BCUT2D eigenvalue weighted by atomic mass is 9.93. The molecule has 0 spiro atoms. The van der Waals surface area contributed by atoms with Crippen molar-refractivity contribution in [2.75, 3.05) is 13.7 Å². The number of hydrogen-bond donors (Lipinski definition) is 1. The fourth-order valence-electron chi connectivity index (χ4n) is 4.17. The van der Waals surface area contributed by atoms with E-state index >= 15 is 0 Å². The van der Waals surface area contributed by atoms with Gasteiger partial charge in [0, 0.05) is 20.6 Å². The van der Waals surface area contributed by atoms with Crippen LogP contribution < -0.4 is 19.6 Å². The molecule has 4 rings (SSSR count). The second kappa shape index (κ2) is 11.6. The van der Waals surface area contributed by atoms with Crippen molar-refractivity contribution < 1.29 is 19.4 Å². The number of phenols is 1. The minimum Gasteiger partial charge on any atom is -0.506 e. The number of thiazole rings is 1. The van der Waals surface area contributed by atoms with Crippen LogP contribution in [-0.4, -0.2) is 29.4 Å². The number of fused-ring (bicyclic) bond motifs is 1. The van der Waals surface area contributed by atoms with Crippen molar-refractivity contribution in [2.45, 2.75) is 32.7 Å². The molecule has 2 aromatic carbocycles. The second-order valence-electron chi connectivity index (χ2n) is 8.13. The minimum absolute atomic E-state index is 0.0423. The molecule has 37 heavy (non-hydrogen) atoms. The summed E-state index contributed by atoms with van der Waals surface area (Å²) in [5, 5.41) is 10.9. The first kappa shape index (κ1) is 27.6. The summed E-state index contributed by atoms with van der Waals surface area (Å²) in [6.45, 7) is 3.91. The molecule has 194 valence electrons. The van der Waals surface area contributed by atoms with Gasteiger partial charge in [-0.15, -0.1) is 0 Å². The number of methoxy groups -OCH3 is 1. The molecule has 0 fully saturated rings. The van der Waals surface area contributed by atoms with Crippen molar-refractivity contribution in [3.05, 3.63) is 86.4 Å². The lowest BCUT2D eigenvalue weighted by Crippen LogP contribution is -2.40. The number of hydrogen-bond acceptors (Lipinski definition) is 7. The van der Waals surface area contributed by atoms with E-state index in [1.807, 2.05) is 19.1 Å². The highest BCUT2D eigenvalue weighted by Gasteiger charge is 2.36. The average molecular weight is 671 g/mol. The van der Waals surface area contributed by atoms with Gasteiger partial charge in [0.05, 0.1) is 34.0 Å². The molecule has 0 bridgehead atoms. The van der Waals surface area contributed by atoms with Crippen molar-refractivity contribution in [1.29, 1.82) is 0 Å². The van der Waals surface area contributed by atoms with Gasteiger partial charge in [0.15, 0.2) is 4.80 Å². The summed E-state index contributed by atoms with van der Waals surface area (Å²) in [6, 6.07) is 7.74. The van der Waals surface area contributed by atoms with Gasteiger partial charge in [-0.1, -0.05) is 52.2 Å². The molecule has 2 heterocycles. The average Bonchev–Trinajstić information content (AvgIpc) is 3.16. The van der Waals surface area contributed by atoms with Crippen LogP contribution in [0.4, 0.5) is 0 Å². The molecule has 1 aromatic heterocycles. The first-order valence-corrected chi connectivity index (χ1v) is 14.2. The van der Waals surface area contributed by atoms with Gasteiger partial charge in [-0.2, -0.15) is 0 Å². The number of ether oxygens (including phenoxy) is 2. The Kier molecular flexibility index (Phi) is 8.63. The minimum atomic E-state index is -0.828. The summed E-state index contributed by atoms with van der Waals surface area (Å²) in [4.78, 5) is 32.4. The number of allylic oxidation sites excluding steroid dienone is 1. The molecule has 0 amide bonds. The van der Waals surface area contributed by atoms with E-state index in [2.05, 4.69) is 31.9 Å². The molecule has 1 atom stereocenters. The highest BCUT2D eigenvalue weighted by Crippen LogP contribution is 2.38. The van der Waals surface area contributed by atoms with E-state index in [1.165, 1.54) is 23.0 Å². The van der Waals surface area contributed by atoms with E-state index in [0.717, 1.165) is 10.9 Å². The van der Waals surface area contributed by atoms with Crippen LogP contribution in [0.2, 0.25) is 5.02 Å². The number of carbonyl (C=O) groups excluding carboxylic acids is 1. The van der Waals surface area contributed by atoms with Crippen LogP contribution in [-0.2, 0) is 9.53 Å². The van der Waals surface area contributed by atoms with Crippen molar-refractivity contribution in [1.82, 2.24) is 4.57 Å². The van der Waals surface area contributed by atoms with Crippen molar-refractivity contribution in [3.63, 3.8) is 0 Å². The Balaban J connectivity index is 2.08. The van der Waals surface area contributed by atoms with E-state index in [9.17, 15) is 14.7 Å². The summed E-state index contributed by atoms with van der Waals surface area (Å²) in [5.41, 5.74) is 1.48. The van der Waals surface area contributed by atoms with Crippen LogP contribution in [0, 0.1) is 0 Å². The predicted octanol–water partition coefficient (Wildman–Crippen LogP) is 5.47. The summed E-state index contributed by atoms with van der Waals surface area (Å²) >= 11 is 14.1. The smallest absolute Gasteiger partial charge is 0.338 e. The third kappa shape index (κ3) is 5.43. The Morgan fingerprint density at radius 2 is 2.03 bits per heavy atom. The number of rotatable bonds is 7. The van der Waals surface area contributed by atoms with Crippen LogP contribution in [0.3, 0.4) is 0 Å². The third-order valence-electron chi connectivity index (χ3n) is 5.72. The Morgan fingerprint density at radius 3 is 2.70 bits per heavy atom. The van der Waals surface area contributed by atoms with Gasteiger partial charge in [-0.3, -0.25) is 9.36 Å². The van der Waals surface area contributed by atoms with E-state index < -0.39 is 12.0 Å². The molecule has 1 aliphatic heterocycles. The van der Waals surface area contributed by atoms with E-state index in [1.54, 1.807) is 31.2 Å². The SMILES string of the molecule is CCCC1=C(C(=O)OCC)[C@@H](c2cc(Br)ccc2OC)n2c(s/c(=C/c3cc(Cl)cc(Br)c3O)c2=O)=N1. The summed E-state index contributed by atoms with van der Waals surface area (Å²) in [6.07, 6.45) is 2.83. The first-order chi connectivity index (χ1) is 17.7. The Morgan fingerprint density at radius 1 is 1.27 bits per heavy atom. The highest BCUT2D eigenvalue weighted by molar-refractivity contribution is 9.10. The molecule has 0 saturated heterocycles. The fraction of sp³-hybridized carbons (Fsp3) is 0.269. The van der Waals surface area contributed by atoms with Crippen LogP contribution in [0.25, 0.3) is 6.08 Å². The Labute approximate surface area is 239 Å². The van der Waals surface area contributed by atoms with Gasteiger partial charge >= 0.3 is 5.97 Å². The first-order valence-electron chi connectivity index (χ1n) is 11.4. The van der Waals surface area contributed by atoms with Gasteiger partial charge in [0.2, 0.25) is 0 Å². The lowest BCUT2D eigenvalue weighted by Gasteiger charge is -2.27. The van der Waals surface area contributed by atoms with Gasteiger partial charge in [-0.25, -0.2) is 9.79 Å². The number of carbonyl (C=O) groups is 1. The molecule has 0 radical (unpaired) electrons. The quantitative estimate of drug-likeness (QED) is 0.337. The van der Waals surface area contributed by atoms with E-state index in [4.69, 9.17) is 26.1 Å². The topological polar surface area (TPSA) is 90.1 Å². The highest BCUT2D eigenvalue weighted by atomic mass is 79.9. The maximum Gasteiger partial charge on any atom is 0.338 e. The van der Waals surface area contributed by atoms with E-state index in [-0.39, 0.29) is 17.9 Å². The van der Waals surface area contributed by atoms with Crippen LogP contribution >= 0.6 is 54.8 Å². The Bertz CT molecular complexity index is 1600. The number of nitrogens with zero attached hydrogens (tertiary/aromatic N) is 2. The third-order valence-corrected chi connectivity index (χ3v) is 8.02. The number of esters is 1. The van der Waals surface area contributed by atoms with Gasteiger partial charge in [0.25, 0.3) is 5.56 Å². The summed E-state index contributed by atoms with van der Waals surface area (Å²) in [5.74, 6) is -0.0644. The van der Waals surface area contributed by atoms with Crippen LogP contribution in [0.1, 0.15) is 43.9 Å². The number of aromatic nitrogens is 1. The largest absolute Gasteiger partial charge is 0.506 e. The van der Waals surface area contributed by atoms with E-state index in [0.29, 0.717) is 53.4 Å². The lowest BCUT2D eigenvalue weighted by molar-refractivity contribution is -0.139. The predicted molar refractivity (Wildman–Crippen MR) is 151 cm³/mol. The van der Waals surface area contributed by atoms with Crippen molar-refractivity contribution in [3.8, 4) is 11.5 Å². The zero-order valence-corrected chi connectivity index (χ0v) is 24.9. The summed E-state index contributed by atoms with van der Waals surface area (Å²) in [7, 11) is 1.54. The van der Waals surface area contributed by atoms with Crippen LogP contribution in [0.15, 0.2) is 60.3 Å². The van der Waals surface area contributed by atoms with Crippen LogP contribution in [0.5, 0.6) is 11.5 Å². The molecular formula is C26H23Br2ClN2O5S. The molecular weight excluding hydrogens is 648 g/mol. The van der Waals surface area contributed by atoms with Gasteiger partial charge in [-0.05, 0) is 65.7 Å². The fourth-order valence-corrected chi connectivity index (χ4v) is 6.39. The number of halogens is 3. The molecule has 1 aliphatic rings. The molecule has 0 saturated carbocycles. The monoisotopic (exact) mass is 668 g/mol. The second-order valence-corrected chi connectivity index (χ2v) is 11.3. The van der Waals surface area contributed by atoms with Gasteiger partial charge in [0.1, 0.15) is 17.5 Å². The zero-order valence-electron chi connectivity index (χ0n) is 20.2. The standard InChI is InChI=1S/C26H23Br2ClN2O5S/c1-4-6-18-21(25(34)36-5-2)22(16-11-14(27)7-8-19(16)35-3)31-24(33)20(37-26(31)30-18)10-13-9-15(29)12-17(28)23(13)32/h7-12,22,32H,4-6H2,1-3H3/b20-10+/t22-/m1/s1. The number of aromatic hydroxyl groups is 1. The zero-order chi connectivity index (χ0) is 26.9. The molecule has 3 aromatic rings. The maximum atomic E-state index is 13.9. The molecule has 7 nitrogen and oxygen atoms in total. The molecule has 0 aliphatic carbocycles. The molecule has 0 unspecified atom stereocenters. The van der Waals surface area contributed by atoms with Crippen molar-refractivity contribution in [2.24, 2.45) is 4.99 Å². The summed E-state index contributed by atoms with van der Waals surface area (Å²) < 4.78 is 14.0. The van der Waals surface area contributed by atoms with Crippen molar-refractivity contribution >= 4 is 66.8 Å². The Hall–Kier alpha value is -2.40. The maximum absolute atomic E-state index is 13.9. The number of benzene rings is 2.